The molecule has 1 fully saturated rings. The van der Waals surface area contributed by atoms with Crippen LogP contribution in [0.25, 0.3) is 10.9 Å². The minimum absolute atomic E-state index is 0. The Morgan fingerprint density at radius 1 is 1.33 bits per heavy atom. The number of anilines is 1. The number of hydrogen-bond acceptors (Lipinski definition) is 2. The highest BCUT2D eigenvalue weighted by molar-refractivity contribution is 6.01. The highest BCUT2D eigenvalue weighted by Crippen LogP contribution is 2.33. The molecule has 1 heterocycles. The first kappa shape index (κ1) is 17.8. The molecule has 0 aliphatic heterocycles. The summed E-state index contributed by atoms with van der Waals surface area (Å²) >= 11 is 0. The largest absolute Gasteiger partial charge is 0.347 e. The van der Waals surface area contributed by atoms with Crippen molar-refractivity contribution in [2.24, 2.45) is 5.73 Å². The number of fused-ring (bicyclic) bond motifs is 1. The van der Waals surface area contributed by atoms with Crippen molar-refractivity contribution in [3.8, 4) is 0 Å². The van der Waals surface area contributed by atoms with Gasteiger partial charge in [0, 0.05) is 29.3 Å². The van der Waals surface area contributed by atoms with Gasteiger partial charge in [-0.25, -0.2) is 0 Å². The maximum absolute atomic E-state index is 11.9. The predicted octanol–water partition coefficient (Wildman–Crippen LogP) is 3.32. The summed E-state index contributed by atoms with van der Waals surface area (Å²) in [7, 11) is 0. The molecule has 0 atom stereocenters. The third-order valence-corrected chi connectivity index (χ3v) is 3.73. The van der Waals surface area contributed by atoms with Gasteiger partial charge in [-0.1, -0.05) is 6.92 Å². The maximum atomic E-state index is 11.9. The van der Waals surface area contributed by atoms with E-state index in [1.807, 2.05) is 12.1 Å². The average Bonchev–Trinajstić information content (AvgIpc) is 3.03. The number of aryl methyl sites for hydroxylation is 1. The fourth-order valence-corrected chi connectivity index (χ4v) is 2.33. The van der Waals surface area contributed by atoms with Gasteiger partial charge < -0.3 is 15.6 Å². The molecule has 4 nitrogen and oxygen atoms in total. The van der Waals surface area contributed by atoms with E-state index in [-0.39, 0.29) is 30.7 Å². The number of nitrogens with zero attached hydrogens (tertiary/aromatic N) is 1. The predicted molar refractivity (Wildman–Crippen MR) is 91.5 cm³/mol. The molecule has 21 heavy (non-hydrogen) atoms. The molecule has 0 spiro atoms. The number of benzene rings is 1. The second-order valence-electron chi connectivity index (χ2n) is 5.39. The number of nitrogens with one attached hydrogen (secondary N) is 1. The highest BCUT2D eigenvalue weighted by atomic mass is 35.5. The lowest BCUT2D eigenvalue weighted by Gasteiger charge is -2.10. The standard InChI is InChI=1S/C15H19N3O.2ClH/c1-2-8-18-9-5-11-10-12(3-4-13(11)18)17-14(19)15(16)6-7-15;;/h3-5,9-10H,2,6-8,16H2,1H3,(H,17,19);2*1H. The number of halogens is 2. The van der Waals surface area contributed by atoms with Gasteiger partial charge in [-0.05, 0) is 43.5 Å². The van der Waals surface area contributed by atoms with Crippen LogP contribution in [0.4, 0.5) is 5.69 Å². The molecule has 0 saturated heterocycles. The summed E-state index contributed by atoms with van der Waals surface area (Å²) in [4.78, 5) is 11.9. The number of aromatic nitrogens is 1. The summed E-state index contributed by atoms with van der Waals surface area (Å²) in [6.45, 7) is 3.18. The first-order valence-corrected chi connectivity index (χ1v) is 6.82. The molecule has 3 N–H and O–H groups in total. The van der Waals surface area contributed by atoms with E-state index in [0.29, 0.717) is 0 Å². The Morgan fingerprint density at radius 2 is 2.05 bits per heavy atom. The second kappa shape index (κ2) is 6.69. The van der Waals surface area contributed by atoms with Crippen molar-refractivity contribution in [1.29, 1.82) is 0 Å². The van der Waals surface area contributed by atoms with E-state index in [9.17, 15) is 4.79 Å². The van der Waals surface area contributed by atoms with Gasteiger partial charge in [-0.3, -0.25) is 4.79 Å². The molecule has 6 heteroatoms. The van der Waals surface area contributed by atoms with Gasteiger partial charge in [0.1, 0.15) is 0 Å². The average molecular weight is 330 g/mol. The second-order valence-corrected chi connectivity index (χ2v) is 5.39. The first-order chi connectivity index (χ1) is 9.12. The van der Waals surface area contributed by atoms with Crippen molar-refractivity contribution < 1.29 is 4.79 Å². The Morgan fingerprint density at radius 3 is 2.67 bits per heavy atom. The lowest BCUT2D eigenvalue weighted by atomic mass is 10.2. The molecule has 2 aromatic rings. The summed E-state index contributed by atoms with van der Waals surface area (Å²) in [5.74, 6) is -0.0696. The van der Waals surface area contributed by atoms with Crippen molar-refractivity contribution >= 4 is 47.3 Å². The fraction of sp³-hybridized carbons (Fsp3) is 0.400. The van der Waals surface area contributed by atoms with Gasteiger partial charge in [0.25, 0.3) is 0 Å². The van der Waals surface area contributed by atoms with Gasteiger partial charge in [-0.2, -0.15) is 0 Å². The SMILES string of the molecule is CCCn1ccc2cc(NC(=O)C3(N)CC3)ccc21.Cl.Cl. The van der Waals surface area contributed by atoms with Crippen LogP contribution < -0.4 is 11.1 Å². The summed E-state index contributed by atoms with van der Waals surface area (Å²) in [5.41, 5.74) is 7.28. The number of rotatable bonds is 4. The Hall–Kier alpha value is -1.23. The zero-order valence-electron chi connectivity index (χ0n) is 12.0. The van der Waals surface area contributed by atoms with Crippen LogP contribution in [0.1, 0.15) is 26.2 Å². The molecular formula is C15H21Cl2N3O. The molecule has 0 unspecified atom stereocenters. The van der Waals surface area contributed by atoms with Gasteiger partial charge in [0.2, 0.25) is 5.91 Å². The number of carbonyl (C=O) groups excluding carboxylic acids is 1. The van der Waals surface area contributed by atoms with Crippen LogP contribution in [0.5, 0.6) is 0 Å². The number of carbonyl (C=O) groups is 1. The highest BCUT2D eigenvalue weighted by Gasteiger charge is 2.45. The van der Waals surface area contributed by atoms with Crippen molar-refractivity contribution in [1.82, 2.24) is 4.57 Å². The third kappa shape index (κ3) is 3.51. The van der Waals surface area contributed by atoms with Crippen LogP contribution in [0, 0.1) is 0 Å². The van der Waals surface area contributed by atoms with Crippen LogP contribution in [-0.4, -0.2) is 16.0 Å². The van der Waals surface area contributed by atoms with Crippen LogP contribution in [0.15, 0.2) is 30.5 Å². The smallest absolute Gasteiger partial charge is 0.244 e. The van der Waals surface area contributed by atoms with Crippen LogP contribution in [0.2, 0.25) is 0 Å². The van der Waals surface area contributed by atoms with Crippen molar-refractivity contribution in [3.05, 3.63) is 30.5 Å². The molecular weight excluding hydrogens is 309 g/mol. The van der Waals surface area contributed by atoms with E-state index in [1.54, 1.807) is 0 Å². The quantitative estimate of drug-likeness (QED) is 0.903. The zero-order valence-corrected chi connectivity index (χ0v) is 13.6. The molecule has 1 aliphatic rings. The Labute approximate surface area is 136 Å². The minimum Gasteiger partial charge on any atom is -0.347 e. The number of hydrogen-bond donors (Lipinski definition) is 2. The molecule has 1 aromatic carbocycles. The van der Waals surface area contributed by atoms with E-state index in [0.717, 1.165) is 36.9 Å². The third-order valence-electron chi connectivity index (χ3n) is 3.73. The van der Waals surface area contributed by atoms with Gasteiger partial charge >= 0.3 is 0 Å². The molecule has 0 bridgehead atoms. The maximum Gasteiger partial charge on any atom is 0.244 e. The Balaban J connectivity index is 0.00000110. The van der Waals surface area contributed by atoms with E-state index in [4.69, 9.17) is 5.73 Å². The molecule has 1 saturated carbocycles. The van der Waals surface area contributed by atoms with Gasteiger partial charge in [0.05, 0.1) is 5.54 Å². The summed E-state index contributed by atoms with van der Waals surface area (Å²) < 4.78 is 2.23. The van der Waals surface area contributed by atoms with E-state index < -0.39 is 5.54 Å². The monoisotopic (exact) mass is 329 g/mol. The molecule has 0 radical (unpaired) electrons. The van der Waals surface area contributed by atoms with Crippen LogP contribution in [0.3, 0.4) is 0 Å². The molecule has 116 valence electrons. The number of nitrogens with two attached hydrogens (primary N) is 1. The van der Waals surface area contributed by atoms with Crippen molar-refractivity contribution in [3.63, 3.8) is 0 Å². The summed E-state index contributed by atoms with van der Waals surface area (Å²) in [5, 5.41) is 4.05. The molecule has 1 aromatic heterocycles. The number of amides is 1. The molecule has 1 aliphatic carbocycles. The fourth-order valence-electron chi connectivity index (χ4n) is 2.33. The molecule has 3 rings (SSSR count). The van der Waals surface area contributed by atoms with Gasteiger partial charge in [0.15, 0.2) is 0 Å². The Bertz CT molecular complexity index is 635. The Kier molecular flexibility index (Phi) is 5.68. The van der Waals surface area contributed by atoms with E-state index in [1.165, 1.54) is 5.52 Å². The van der Waals surface area contributed by atoms with Crippen molar-refractivity contribution in [2.75, 3.05) is 5.32 Å². The van der Waals surface area contributed by atoms with Crippen LogP contribution in [-0.2, 0) is 11.3 Å². The molecule has 1 amide bonds. The summed E-state index contributed by atoms with van der Waals surface area (Å²) in [6.07, 6.45) is 4.77. The van der Waals surface area contributed by atoms with E-state index >= 15 is 0 Å². The van der Waals surface area contributed by atoms with E-state index in [2.05, 4.69) is 35.1 Å². The summed E-state index contributed by atoms with van der Waals surface area (Å²) in [6, 6.07) is 8.08. The lowest BCUT2D eigenvalue weighted by Crippen LogP contribution is -2.37. The van der Waals surface area contributed by atoms with Gasteiger partial charge in [-0.15, -0.1) is 24.8 Å². The minimum atomic E-state index is -0.622. The topological polar surface area (TPSA) is 60.0 Å². The van der Waals surface area contributed by atoms with Crippen molar-refractivity contribution in [2.45, 2.75) is 38.3 Å². The zero-order chi connectivity index (χ0) is 13.5. The first-order valence-electron chi connectivity index (χ1n) is 6.82. The normalized spacial score (nSPS) is 15.0. The van der Waals surface area contributed by atoms with Crippen LogP contribution >= 0.6 is 24.8 Å². The lowest BCUT2D eigenvalue weighted by molar-refractivity contribution is -0.118.